The van der Waals surface area contributed by atoms with E-state index < -0.39 is 0 Å². The molecule has 16 aromatic carbocycles. The van der Waals surface area contributed by atoms with Crippen molar-refractivity contribution in [2.45, 2.75) is 0 Å². The maximum Gasteiger partial charge on any atom is 0.0800 e. The molecule has 108 heavy (non-hydrogen) atoms. The van der Waals surface area contributed by atoms with Crippen molar-refractivity contribution in [3.8, 4) is 123 Å². The molecule has 0 aliphatic heterocycles. The average Bonchev–Trinajstić information content (AvgIpc) is 1.56. The molecule has 2 aliphatic rings. The van der Waals surface area contributed by atoms with Gasteiger partial charge in [-0.25, -0.2) is 9.97 Å². The van der Waals surface area contributed by atoms with Gasteiger partial charge in [0.2, 0.25) is 0 Å². The Hall–Kier alpha value is -14.5. The number of para-hydroxylation sites is 5. The van der Waals surface area contributed by atoms with Gasteiger partial charge in [-0.15, -0.1) is 0 Å². The van der Waals surface area contributed by atoms with E-state index >= 15 is 0 Å². The minimum Gasteiger partial charge on any atom is -0.309 e. The van der Waals surface area contributed by atoms with Crippen molar-refractivity contribution in [2.75, 3.05) is 0 Å². The molecule has 6 nitrogen and oxygen atoms in total. The predicted molar refractivity (Wildman–Crippen MR) is 450 cm³/mol. The van der Waals surface area contributed by atoms with E-state index in [1.807, 2.05) is 0 Å². The van der Waals surface area contributed by atoms with Gasteiger partial charge in [0.05, 0.1) is 66.9 Å². The normalized spacial score (nSPS) is 12.3. The van der Waals surface area contributed by atoms with Crippen LogP contribution in [0.25, 0.3) is 232 Å². The minimum absolute atomic E-state index is 0.929. The quantitative estimate of drug-likeness (QED) is 0.145. The lowest BCUT2D eigenvalue weighted by Crippen LogP contribution is -1.95. The lowest BCUT2D eigenvalue weighted by atomic mass is 9.93. The van der Waals surface area contributed by atoms with E-state index in [1.165, 1.54) is 115 Å². The van der Waals surface area contributed by atoms with Gasteiger partial charge in [0.15, 0.2) is 0 Å². The molecule has 2 aliphatic carbocycles. The van der Waals surface area contributed by atoms with Crippen LogP contribution in [0.3, 0.4) is 0 Å². The summed E-state index contributed by atoms with van der Waals surface area (Å²) in [5.74, 6) is 0. The summed E-state index contributed by atoms with van der Waals surface area (Å²) in [6.07, 6.45) is 0. The summed E-state index contributed by atoms with van der Waals surface area (Å²) in [5, 5.41) is 14.5. The van der Waals surface area contributed by atoms with Gasteiger partial charge in [-0.2, -0.15) is 0 Å². The monoisotopic (exact) mass is 1370 g/mol. The van der Waals surface area contributed by atoms with E-state index in [0.29, 0.717) is 0 Å². The molecule has 498 valence electrons. The standard InChI is InChI=1S/C102H60N6/c1-3-24-70(25-4-1)105-94-50-46-62(64-44-48-81-78-33-12-15-40-91(78)108(97(81)60-64)73-29-18-21-65(53-73)88-57-67-23-19-38-82-75-30-7-9-35-83(75)101(103-88)98(67)82)55-87(94)100-74(37-20-42-95(100)105)68-51-69-58-89(104-102-84-36-10-8-31-76(84)86(56-68)99(69)102)66-22-17-28-72(52-66)107-92-41-16-13-34-79(92)85-54-61(45-49-93(85)107)63-43-47-80-77-32-11-14-39-90(77)106(96(80)59-63)71-26-5-2-6-27-71/h1-60H. The van der Waals surface area contributed by atoms with Crippen molar-refractivity contribution in [3.63, 3.8) is 0 Å². The summed E-state index contributed by atoms with van der Waals surface area (Å²) in [7, 11) is 0. The van der Waals surface area contributed by atoms with Gasteiger partial charge in [-0.3, -0.25) is 0 Å². The van der Waals surface area contributed by atoms with Crippen LogP contribution in [-0.4, -0.2) is 28.2 Å². The highest BCUT2D eigenvalue weighted by atomic mass is 15.0. The van der Waals surface area contributed by atoms with Crippen molar-refractivity contribution < 1.29 is 0 Å². The Morgan fingerprint density at radius 3 is 1.16 bits per heavy atom. The molecular formula is C102H60N6. The molecule has 22 aromatic rings. The molecule has 24 rings (SSSR count). The largest absolute Gasteiger partial charge is 0.309 e. The molecule has 0 amide bonds. The SMILES string of the molecule is c1ccc(-n2c3ccccc3c3ccc(-c4ccc5c(c4)c4ccccc4n5-c4cccc(-c5cc6cc(-c7cccc8c7c7cc(-c9ccc%10c%11ccccc%11n(-c%11cccc(-c%12cc%13cccc%14c%13c(n%12)-c%12ccccc%12-%14)c%11)c%10c9)ccc7n8-c7ccccc7)cc7c6c(n5)-c5ccccc5-7)c4)cc32)cc1. The van der Waals surface area contributed by atoms with Crippen molar-refractivity contribution in [1.82, 2.24) is 28.2 Å². The van der Waals surface area contributed by atoms with Gasteiger partial charge < -0.3 is 18.3 Å². The number of nitrogens with zero attached hydrogens (tertiary/aromatic N) is 6. The third kappa shape index (κ3) is 8.53. The molecule has 0 spiro atoms. The number of hydrogen-bond acceptors (Lipinski definition) is 2. The van der Waals surface area contributed by atoms with Crippen LogP contribution >= 0.6 is 0 Å². The topological polar surface area (TPSA) is 45.5 Å². The summed E-state index contributed by atoms with van der Waals surface area (Å²) in [4.78, 5) is 11.1. The van der Waals surface area contributed by atoms with Crippen LogP contribution in [0.5, 0.6) is 0 Å². The van der Waals surface area contributed by atoms with E-state index in [1.54, 1.807) is 0 Å². The van der Waals surface area contributed by atoms with Crippen LogP contribution in [0.2, 0.25) is 0 Å². The van der Waals surface area contributed by atoms with Crippen molar-refractivity contribution in [3.05, 3.63) is 364 Å². The molecule has 0 saturated heterocycles. The minimum atomic E-state index is 0.929. The summed E-state index contributed by atoms with van der Waals surface area (Å²) >= 11 is 0. The highest BCUT2D eigenvalue weighted by molar-refractivity contribution is 6.22. The highest BCUT2D eigenvalue weighted by Gasteiger charge is 2.29. The molecule has 0 saturated carbocycles. The van der Waals surface area contributed by atoms with Gasteiger partial charge in [0.25, 0.3) is 0 Å². The Balaban J connectivity index is 0.637. The van der Waals surface area contributed by atoms with Crippen LogP contribution in [0.15, 0.2) is 364 Å². The Morgan fingerprint density at radius 1 is 0.167 bits per heavy atom. The summed E-state index contributed by atoms with van der Waals surface area (Å²) in [6, 6.07) is 135. The van der Waals surface area contributed by atoms with Crippen LogP contribution < -0.4 is 0 Å². The summed E-state index contributed by atoms with van der Waals surface area (Å²) in [5.41, 5.74) is 34.0. The zero-order valence-electron chi connectivity index (χ0n) is 58.3. The number of benzene rings is 16. The average molecular weight is 1370 g/mol. The number of pyridine rings is 2. The van der Waals surface area contributed by atoms with Crippen LogP contribution in [0.1, 0.15) is 0 Å². The van der Waals surface area contributed by atoms with E-state index in [4.69, 9.17) is 9.97 Å². The molecule has 6 heteroatoms. The number of hydrogen-bond donors (Lipinski definition) is 0. The zero-order chi connectivity index (χ0) is 70.4. The van der Waals surface area contributed by atoms with Crippen LogP contribution in [0.4, 0.5) is 0 Å². The number of rotatable bonds is 9. The first-order valence-corrected chi connectivity index (χ1v) is 37.2. The van der Waals surface area contributed by atoms with Crippen LogP contribution in [0, 0.1) is 0 Å². The lowest BCUT2D eigenvalue weighted by Gasteiger charge is -2.13. The van der Waals surface area contributed by atoms with E-state index in [-0.39, 0.29) is 0 Å². The number of aromatic nitrogens is 6. The second-order valence-electron chi connectivity index (χ2n) is 29.1. The molecule has 0 fully saturated rings. The fourth-order valence-electron chi connectivity index (χ4n) is 18.7. The fourth-order valence-corrected chi connectivity index (χ4v) is 18.7. The van der Waals surface area contributed by atoms with Gasteiger partial charge >= 0.3 is 0 Å². The Morgan fingerprint density at radius 2 is 0.556 bits per heavy atom. The van der Waals surface area contributed by atoms with Crippen molar-refractivity contribution >= 4 is 109 Å². The molecule has 0 radical (unpaired) electrons. The van der Waals surface area contributed by atoms with Crippen LogP contribution in [-0.2, 0) is 0 Å². The number of fused-ring (bicyclic) bond motifs is 18. The van der Waals surface area contributed by atoms with Gasteiger partial charge in [0, 0.05) is 98.9 Å². The third-order valence-electron chi connectivity index (χ3n) is 23.3. The predicted octanol–water partition coefficient (Wildman–Crippen LogP) is 26.8. The van der Waals surface area contributed by atoms with Crippen molar-refractivity contribution in [2.24, 2.45) is 0 Å². The molecule has 6 heterocycles. The molecule has 0 atom stereocenters. The first kappa shape index (κ1) is 59.0. The lowest BCUT2D eigenvalue weighted by molar-refractivity contribution is 1.18. The molecule has 0 N–H and O–H groups in total. The second-order valence-corrected chi connectivity index (χ2v) is 29.1. The van der Waals surface area contributed by atoms with Crippen molar-refractivity contribution in [1.29, 1.82) is 0 Å². The molecule has 0 bridgehead atoms. The fraction of sp³-hybridized carbons (Fsp3) is 0. The molecule has 0 unspecified atom stereocenters. The van der Waals surface area contributed by atoms with E-state index in [9.17, 15) is 0 Å². The Labute approximate surface area is 620 Å². The first-order chi connectivity index (χ1) is 53.5. The summed E-state index contributed by atoms with van der Waals surface area (Å²) < 4.78 is 9.74. The first-order valence-electron chi connectivity index (χ1n) is 37.2. The molecular weight excluding hydrogens is 1310 g/mol. The second kappa shape index (κ2) is 22.5. The Kier molecular flexibility index (Phi) is 12.3. The maximum atomic E-state index is 5.68. The third-order valence-corrected chi connectivity index (χ3v) is 23.3. The van der Waals surface area contributed by atoms with Gasteiger partial charge in [-0.05, 0) is 200 Å². The molecule has 6 aromatic heterocycles. The van der Waals surface area contributed by atoms with E-state index in [2.05, 4.69) is 382 Å². The summed E-state index contributed by atoms with van der Waals surface area (Å²) in [6.45, 7) is 0. The van der Waals surface area contributed by atoms with Gasteiger partial charge in [0.1, 0.15) is 0 Å². The Bertz CT molecular complexity index is 7670. The van der Waals surface area contributed by atoms with Gasteiger partial charge in [-0.1, -0.05) is 231 Å². The maximum absolute atomic E-state index is 5.68. The highest BCUT2D eigenvalue weighted by Crippen LogP contribution is 2.52. The van der Waals surface area contributed by atoms with E-state index in [0.717, 1.165) is 117 Å². The zero-order valence-corrected chi connectivity index (χ0v) is 58.3. The smallest absolute Gasteiger partial charge is 0.0800 e.